The molecule has 1 fully saturated rings. The highest BCUT2D eigenvalue weighted by Crippen LogP contribution is 2.52. The minimum absolute atomic E-state index is 0.116. The number of benzene rings is 3. The highest BCUT2D eigenvalue weighted by molar-refractivity contribution is 7.49. The van der Waals surface area contributed by atoms with E-state index in [2.05, 4.69) is 0 Å². The van der Waals surface area contributed by atoms with Gasteiger partial charge in [-0.1, -0.05) is 66.7 Å². The minimum Gasteiger partial charge on any atom is -0.463 e. The van der Waals surface area contributed by atoms with E-state index in [4.69, 9.17) is 38.6 Å². The van der Waals surface area contributed by atoms with Crippen molar-refractivity contribution in [2.75, 3.05) is 6.61 Å². The Morgan fingerprint density at radius 2 is 1.23 bits per heavy atom. The van der Waals surface area contributed by atoms with Crippen LogP contribution >= 0.6 is 7.82 Å². The van der Waals surface area contributed by atoms with Gasteiger partial charge in [-0.3, -0.25) is 14.4 Å². The molecule has 4 rings (SSSR count). The van der Waals surface area contributed by atoms with Gasteiger partial charge in [-0.25, -0.2) is 9.09 Å². The van der Waals surface area contributed by atoms with E-state index in [1.54, 1.807) is 66.7 Å². The first-order chi connectivity index (χ1) is 21.5. The molecule has 13 heteroatoms. The van der Waals surface area contributed by atoms with Gasteiger partial charge in [-0.15, -0.1) is 0 Å². The van der Waals surface area contributed by atoms with E-state index in [0.717, 1.165) is 13.8 Å². The standard InChI is InChI=1S/C31H33O12P/c1-21(32)36-20-27-28(37-19-24-13-7-4-8-14-24)29(38-22(2)33)30(39-23(3)34)31(40-27)43-44(35,41-25-15-9-5-10-16-25)42-26-17-11-6-12-18-26/h4-18,27-31H,19-20H2,1-3H3/t27-,28-,29+,30+,31?/m1/s1/i19D/t19?,27-,28-,29+,30+,31?. The molecule has 0 spiro atoms. The summed E-state index contributed by atoms with van der Waals surface area (Å²) in [6.07, 6.45) is -7.51. The lowest BCUT2D eigenvalue weighted by molar-refractivity contribution is -0.296. The normalized spacial score (nSPS) is 22.5. The molecule has 1 aliphatic rings. The molecule has 44 heavy (non-hydrogen) atoms. The summed E-state index contributed by atoms with van der Waals surface area (Å²) in [5.74, 6) is -2.07. The van der Waals surface area contributed by atoms with Crippen molar-refractivity contribution < 1.29 is 57.6 Å². The molecule has 234 valence electrons. The second-order valence-electron chi connectivity index (χ2n) is 9.48. The third kappa shape index (κ3) is 9.65. The van der Waals surface area contributed by atoms with Crippen molar-refractivity contribution in [3.63, 3.8) is 0 Å². The Labute approximate surface area is 256 Å². The van der Waals surface area contributed by atoms with Crippen molar-refractivity contribution in [2.45, 2.75) is 58.1 Å². The molecule has 0 saturated carbocycles. The minimum atomic E-state index is -4.68. The van der Waals surface area contributed by atoms with E-state index in [9.17, 15) is 18.9 Å². The van der Waals surface area contributed by atoms with Crippen molar-refractivity contribution in [1.29, 1.82) is 0 Å². The number of hydrogen-bond donors (Lipinski definition) is 0. The van der Waals surface area contributed by atoms with Gasteiger partial charge in [0, 0.05) is 20.8 Å². The van der Waals surface area contributed by atoms with Gasteiger partial charge >= 0.3 is 25.7 Å². The summed E-state index contributed by atoms with van der Waals surface area (Å²) in [6, 6.07) is 24.5. The van der Waals surface area contributed by atoms with Gasteiger partial charge in [0.1, 0.15) is 30.3 Å². The molecule has 6 atom stereocenters. The van der Waals surface area contributed by atoms with Crippen LogP contribution in [0.15, 0.2) is 91.0 Å². The van der Waals surface area contributed by atoms with Crippen molar-refractivity contribution >= 4 is 25.7 Å². The monoisotopic (exact) mass is 629 g/mol. The SMILES string of the molecule is [2H]C(O[C@H]1[C@H](OC(C)=O)[C@H](OC(C)=O)C(OP(=O)(Oc2ccccc2)Oc2ccccc2)O[C@@H]1COC(C)=O)c1ccccc1. The summed E-state index contributed by atoms with van der Waals surface area (Å²) < 4.78 is 68.5. The van der Waals surface area contributed by atoms with Crippen molar-refractivity contribution in [2.24, 2.45) is 0 Å². The molecule has 1 saturated heterocycles. The zero-order chi connectivity index (χ0) is 32.4. The van der Waals surface area contributed by atoms with Gasteiger partial charge < -0.3 is 32.7 Å². The van der Waals surface area contributed by atoms with E-state index in [1.165, 1.54) is 31.2 Å². The van der Waals surface area contributed by atoms with Crippen LogP contribution in [0.5, 0.6) is 11.5 Å². The predicted octanol–water partition coefficient (Wildman–Crippen LogP) is 5.01. The lowest BCUT2D eigenvalue weighted by Gasteiger charge is -2.44. The number of ether oxygens (including phenoxy) is 5. The molecule has 3 aromatic rings. The molecule has 1 heterocycles. The Balaban J connectivity index is 1.74. The molecule has 0 N–H and O–H groups in total. The lowest BCUT2D eigenvalue weighted by atomic mass is 9.98. The number of phosphoric ester groups is 1. The summed E-state index contributed by atoms with van der Waals surface area (Å²) in [4.78, 5) is 36.5. The van der Waals surface area contributed by atoms with Crippen LogP contribution in [0.2, 0.25) is 0 Å². The second-order valence-corrected chi connectivity index (χ2v) is 11.0. The molecule has 12 nitrogen and oxygen atoms in total. The van der Waals surface area contributed by atoms with E-state index in [0.29, 0.717) is 5.56 Å². The van der Waals surface area contributed by atoms with Crippen LogP contribution < -0.4 is 9.05 Å². The first kappa shape index (κ1) is 31.2. The van der Waals surface area contributed by atoms with Crippen LogP contribution in [0.25, 0.3) is 0 Å². The van der Waals surface area contributed by atoms with Crippen molar-refractivity contribution in [3.05, 3.63) is 96.6 Å². The van der Waals surface area contributed by atoms with E-state index >= 15 is 0 Å². The third-order valence-electron chi connectivity index (χ3n) is 5.96. The van der Waals surface area contributed by atoms with Crippen LogP contribution in [0.1, 0.15) is 27.7 Å². The van der Waals surface area contributed by atoms with E-state index < -0.39 is 69.6 Å². The highest BCUT2D eigenvalue weighted by Gasteiger charge is 2.54. The van der Waals surface area contributed by atoms with Crippen LogP contribution in [0, 0.1) is 0 Å². The molecule has 0 amide bonds. The van der Waals surface area contributed by atoms with Crippen LogP contribution in [-0.4, -0.2) is 55.2 Å². The maximum Gasteiger partial charge on any atom is 0.590 e. The Hall–Kier alpha value is -4.22. The zero-order valence-electron chi connectivity index (χ0n) is 25.2. The highest BCUT2D eigenvalue weighted by atomic mass is 31.2. The Bertz CT molecular complexity index is 1410. The summed E-state index contributed by atoms with van der Waals surface area (Å²) in [6.45, 7) is 1.59. The molecule has 0 bridgehead atoms. The zero-order valence-corrected chi connectivity index (χ0v) is 25.1. The third-order valence-corrected chi connectivity index (χ3v) is 7.30. The number of hydrogen-bond acceptors (Lipinski definition) is 12. The number of para-hydroxylation sites is 2. The summed E-state index contributed by atoms with van der Waals surface area (Å²) >= 11 is 0. The molecule has 2 unspecified atom stereocenters. The molecule has 1 aliphatic heterocycles. The summed E-state index contributed by atoms with van der Waals surface area (Å²) in [5.41, 5.74) is 0.449. The van der Waals surface area contributed by atoms with Gasteiger partial charge in [0.2, 0.25) is 6.29 Å². The molecule has 0 aliphatic carbocycles. The fraction of sp³-hybridized carbons (Fsp3) is 0.323. The molecule has 0 aromatic heterocycles. The van der Waals surface area contributed by atoms with Crippen LogP contribution in [0.3, 0.4) is 0 Å². The summed E-state index contributed by atoms with van der Waals surface area (Å²) in [5, 5.41) is 0. The number of esters is 3. The fourth-order valence-electron chi connectivity index (χ4n) is 4.20. The van der Waals surface area contributed by atoms with Crippen molar-refractivity contribution in [1.82, 2.24) is 0 Å². The average molecular weight is 630 g/mol. The molecule has 0 radical (unpaired) electrons. The summed E-state index contributed by atoms with van der Waals surface area (Å²) in [7, 11) is -4.68. The maximum absolute atomic E-state index is 14.3. The van der Waals surface area contributed by atoms with Gasteiger partial charge in [-0.05, 0) is 29.8 Å². The first-order valence-electron chi connectivity index (χ1n) is 14.1. The van der Waals surface area contributed by atoms with Gasteiger partial charge in [-0.2, -0.15) is 0 Å². The molecule has 3 aromatic carbocycles. The number of carbonyl (C=O) groups is 3. The predicted molar refractivity (Wildman–Crippen MR) is 154 cm³/mol. The first-order valence-corrected chi connectivity index (χ1v) is 15.0. The number of phosphoric acid groups is 1. The van der Waals surface area contributed by atoms with Gasteiger partial charge in [0.05, 0.1) is 7.95 Å². The Morgan fingerprint density at radius 3 is 1.73 bits per heavy atom. The fourth-order valence-corrected chi connectivity index (χ4v) is 5.51. The maximum atomic E-state index is 14.3. The number of rotatable bonds is 13. The average Bonchev–Trinajstić information content (AvgIpc) is 3.00. The quantitative estimate of drug-likeness (QED) is 0.143. The van der Waals surface area contributed by atoms with Gasteiger partial charge in [0.15, 0.2) is 12.2 Å². The number of carbonyl (C=O) groups excluding carboxylic acids is 3. The van der Waals surface area contributed by atoms with Crippen LogP contribution in [-0.2, 0) is 53.7 Å². The van der Waals surface area contributed by atoms with Gasteiger partial charge in [0.25, 0.3) is 0 Å². The van der Waals surface area contributed by atoms with Crippen LogP contribution in [0.4, 0.5) is 0 Å². The molecular formula is C31H33O12P. The topological polar surface area (TPSA) is 142 Å². The smallest absolute Gasteiger partial charge is 0.463 e. The molecular weight excluding hydrogens is 595 g/mol. The lowest BCUT2D eigenvalue weighted by Crippen LogP contribution is -2.62. The van der Waals surface area contributed by atoms with E-state index in [1.807, 2.05) is 0 Å². The van der Waals surface area contributed by atoms with Crippen molar-refractivity contribution in [3.8, 4) is 11.5 Å². The Kier molecular flexibility index (Phi) is 11.0. The Morgan fingerprint density at radius 1 is 0.727 bits per heavy atom. The largest absolute Gasteiger partial charge is 0.590 e. The second kappa shape index (κ2) is 15.5. The van der Waals surface area contributed by atoms with E-state index in [-0.39, 0.29) is 11.5 Å².